The zero-order chi connectivity index (χ0) is 18.9. The van der Waals surface area contributed by atoms with Crippen molar-refractivity contribution in [3.05, 3.63) is 59.7 Å². The second-order valence-electron chi connectivity index (χ2n) is 6.39. The summed E-state index contributed by atoms with van der Waals surface area (Å²) < 4.78 is 13.6. The molecule has 2 aromatic rings. The van der Waals surface area contributed by atoms with Crippen LogP contribution in [0.2, 0.25) is 0 Å². The van der Waals surface area contributed by atoms with Gasteiger partial charge in [0.25, 0.3) is 0 Å². The molecular weight excluding hydrogens is 360 g/mol. The first-order valence-corrected chi connectivity index (χ1v) is 10.4. The first kappa shape index (κ1) is 19.7. The highest BCUT2D eigenvalue weighted by molar-refractivity contribution is 7.99. The Bertz CT molecular complexity index is 721. The molecule has 0 aromatic heterocycles. The summed E-state index contributed by atoms with van der Waals surface area (Å²) in [6.07, 6.45) is 2.93. The van der Waals surface area contributed by atoms with E-state index in [9.17, 15) is 4.79 Å². The van der Waals surface area contributed by atoms with Crippen molar-refractivity contribution in [2.24, 2.45) is 0 Å². The number of rotatable bonds is 9. The molecule has 2 aromatic carbocycles. The van der Waals surface area contributed by atoms with Gasteiger partial charge in [0.1, 0.15) is 18.6 Å². The van der Waals surface area contributed by atoms with Gasteiger partial charge in [0.15, 0.2) is 0 Å². The monoisotopic (exact) mass is 386 g/mol. The lowest BCUT2D eigenvalue weighted by Gasteiger charge is -2.30. The molecule has 0 spiro atoms. The van der Waals surface area contributed by atoms with Crippen molar-refractivity contribution in [1.82, 2.24) is 4.90 Å². The van der Waals surface area contributed by atoms with Crippen molar-refractivity contribution < 1.29 is 14.3 Å². The summed E-state index contributed by atoms with van der Waals surface area (Å²) in [5, 5.41) is 0. The normalized spacial score (nSPS) is 14.7. The summed E-state index contributed by atoms with van der Waals surface area (Å²) in [7, 11) is 0. The van der Waals surface area contributed by atoms with Gasteiger partial charge < -0.3 is 13.8 Å². The summed E-state index contributed by atoms with van der Waals surface area (Å²) in [5.74, 6) is 0.712. The Morgan fingerprint density at radius 3 is 2.67 bits per heavy atom. The Morgan fingerprint density at radius 2 is 1.96 bits per heavy atom. The average molecular weight is 387 g/mol. The highest BCUT2D eigenvalue weighted by Crippen LogP contribution is 2.28. The quantitative estimate of drug-likeness (QED) is 0.485. The lowest BCUT2D eigenvalue weighted by atomic mass is 10.2. The van der Waals surface area contributed by atoms with Gasteiger partial charge in [-0.1, -0.05) is 42.3 Å². The van der Waals surface area contributed by atoms with Gasteiger partial charge in [-0.05, 0) is 17.7 Å². The molecule has 0 bridgehead atoms. The Kier molecular flexibility index (Phi) is 7.56. The molecule has 1 fully saturated rings. The van der Waals surface area contributed by atoms with Crippen molar-refractivity contribution >= 4 is 23.9 Å². The number of carbonyl (C=O) groups excluding carboxylic acids is 1. The highest BCUT2D eigenvalue weighted by atomic mass is 32.2. The van der Waals surface area contributed by atoms with E-state index in [1.165, 1.54) is 0 Å². The van der Waals surface area contributed by atoms with E-state index in [4.69, 9.17) is 9.47 Å². The molecule has 3 rings (SSSR count). The van der Waals surface area contributed by atoms with Gasteiger partial charge in [-0.15, -0.1) is 0 Å². The second kappa shape index (κ2) is 10.3. The Morgan fingerprint density at radius 1 is 1.19 bits per heavy atom. The molecule has 0 amide bonds. The van der Waals surface area contributed by atoms with Crippen LogP contribution in [0.5, 0.6) is 5.75 Å². The van der Waals surface area contributed by atoms with Crippen molar-refractivity contribution in [1.29, 1.82) is 0 Å². The maximum atomic E-state index is 11.4. The number of hydrogen-bond acceptors (Lipinski definition) is 6. The molecule has 0 N–H and O–H groups in total. The molecule has 0 atom stereocenters. The molecular formula is C21H26N2O3S. The van der Waals surface area contributed by atoms with E-state index in [2.05, 4.69) is 15.5 Å². The van der Waals surface area contributed by atoms with E-state index in [0.717, 1.165) is 56.9 Å². The average Bonchev–Trinajstić information content (AvgIpc) is 2.74. The summed E-state index contributed by atoms with van der Waals surface area (Å²) >= 11 is 1.66. The van der Waals surface area contributed by atoms with Crippen molar-refractivity contribution in [3.63, 3.8) is 0 Å². The second-order valence-corrected chi connectivity index (χ2v) is 7.20. The fourth-order valence-corrected chi connectivity index (χ4v) is 3.61. The largest absolute Gasteiger partial charge is 0.489 e. The van der Waals surface area contributed by atoms with Crippen LogP contribution in [0, 0.1) is 0 Å². The first-order valence-electron chi connectivity index (χ1n) is 9.17. The highest BCUT2D eigenvalue weighted by Gasteiger charge is 2.14. The first-order chi connectivity index (χ1) is 13.3. The van der Waals surface area contributed by atoms with Crippen molar-refractivity contribution in [2.45, 2.75) is 6.61 Å². The molecule has 0 aliphatic carbocycles. The fourth-order valence-electron chi connectivity index (χ4n) is 3.02. The molecule has 27 heavy (non-hydrogen) atoms. The van der Waals surface area contributed by atoms with Crippen LogP contribution < -0.4 is 9.04 Å². The maximum Gasteiger partial charge on any atom is 0.150 e. The number of nitrogens with zero attached hydrogens (tertiary/aromatic N) is 2. The number of ether oxygens (including phenoxy) is 2. The lowest BCUT2D eigenvalue weighted by molar-refractivity contribution is 0.0395. The summed E-state index contributed by atoms with van der Waals surface area (Å²) in [6, 6.07) is 15.7. The summed E-state index contributed by atoms with van der Waals surface area (Å²) in [4.78, 5) is 13.8. The van der Waals surface area contributed by atoms with Crippen LogP contribution in [0.15, 0.2) is 48.5 Å². The molecule has 6 heteroatoms. The smallest absolute Gasteiger partial charge is 0.150 e. The number of aldehydes is 1. The minimum absolute atomic E-state index is 0.482. The molecule has 0 radical (unpaired) electrons. The fraction of sp³-hybridized carbons (Fsp3) is 0.381. The number of carbonyl (C=O) groups is 1. The number of anilines is 1. The molecule has 0 saturated carbocycles. The third kappa shape index (κ3) is 5.99. The van der Waals surface area contributed by atoms with Gasteiger partial charge in [0.2, 0.25) is 0 Å². The van der Waals surface area contributed by atoms with E-state index in [1.54, 1.807) is 18.0 Å². The van der Waals surface area contributed by atoms with Gasteiger partial charge in [0, 0.05) is 44.1 Å². The van der Waals surface area contributed by atoms with Gasteiger partial charge in [-0.2, -0.15) is 0 Å². The van der Waals surface area contributed by atoms with Gasteiger partial charge in [-0.25, -0.2) is 0 Å². The molecule has 144 valence electrons. The van der Waals surface area contributed by atoms with E-state index < -0.39 is 0 Å². The predicted molar refractivity (Wildman–Crippen MR) is 111 cm³/mol. The van der Waals surface area contributed by atoms with Crippen molar-refractivity contribution in [3.8, 4) is 5.75 Å². The van der Waals surface area contributed by atoms with Gasteiger partial charge in [0.05, 0.1) is 18.9 Å². The SMILES string of the molecule is CSN(CCN1CCOCC1)c1cc(C=O)cc(OCc2ccccc2)c1. The van der Waals surface area contributed by atoms with Crippen molar-refractivity contribution in [2.75, 3.05) is 50.0 Å². The van der Waals surface area contributed by atoms with E-state index in [1.807, 2.05) is 42.5 Å². The van der Waals surface area contributed by atoms with Gasteiger partial charge >= 0.3 is 0 Å². The minimum atomic E-state index is 0.482. The van der Waals surface area contributed by atoms with E-state index >= 15 is 0 Å². The maximum absolute atomic E-state index is 11.4. The third-order valence-corrected chi connectivity index (χ3v) is 5.36. The Labute approximate surface area is 165 Å². The molecule has 1 aliphatic rings. The van der Waals surface area contributed by atoms with Crippen LogP contribution in [0.1, 0.15) is 15.9 Å². The lowest BCUT2D eigenvalue weighted by Crippen LogP contribution is -2.40. The van der Waals surface area contributed by atoms with Crippen LogP contribution >= 0.6 is 11.9 Å². The molecule has 0 unspecified atom stereocenters. The van der Waals surface area contributed by atoms with E-state index in [0.29, 0.717) is 17.9 Å². The zero-order valence-corrected chi connectivity index (χ0v) is 16.5. The van der Waals surface area contributed by atoms with Crippen LogP contribution in [-0.4, -0.2) is 56.8 Å². The van der Waals surface area contributed by atoms with E-state index in [-0.39, 0.29) is 0 Å². The standard InChI is InChI=1S/C21H26N2O3S/c1-27-23(8-7-22-9-11-25-12-10-22)20-13-19(16-24)14-21(15-20)26-17-18-5-3-2-4-6-18/h2-6,13-16H,7-12,17H2,1H3. The Hall–Kier alpha value is -2.02. The Balaban J connectivity index is 1.67. The number of hydrogen-bond donors (Lipinski definition) is 0. The molecule has 1 aliphatic heterocycles. The zero-order valence-electron chi connectivity index (χ0n) is 15.7. The summed E-state index contributed by atoms with van der Waals surface area (Å²) in [6.45, 7) is 5.88. The molecule has 1 heterocycles. The molecule has 5 nitrogen and oxygen atoms in total. The number of morpholine rings is 1. The van der Waals surface area contributed by atoms with Crippen LogP contribution in [0.4, 0.5) is 5.69 Å². The summed E-state index contributed by atoms with van der Waals surface area (Å²) in [5.41, 5.74) is 2.72. The number of benzene rings is 2. The molecule has 1 saturated heterocycles. The topological polar surface area (TPSA) is 42.0 Å². The third-order valence-electron chi connectivity index (χ3n) is 4.53. The minimum Gasteiger partial charge on any atom is -0.489 e. The van der Waals surface area contributed by atoms with Crippen LogP contribution in [0.3, 0.4) is 0 Å². The van der Waals surface area contributed by atoms with Crippen LogP contribution in [-0.2, 0) is 11.3 Å². The predicted octanol–water partition coefficient (Wildman–Crippen LogP) is 3.49. The van der Waals surface area contributed by atoms with Crippen LogP contribution in [0.25, 0.3) is 0 Å². The van der Waals surface area contributed by atoms with Gasteiger partial charge in [-0.3, -0.25) is 9.69 Å².